The molecule has 0 heterocycles. The van der Waals surface area contributed by atoms with E-state index < -0.39 is 11.4 Å². The summed E-state index contributed by atoms with van der Waals surface area (Å²) >= 11 is 0. The van der Waals surface area contributed by atoms with E-state index in [4.69, 9.17) is 5.11 Å². The molecule has 0 aromatic carbocycles. The molecular formula is C11H18O2. The van der Waals surface area contributed by atoms with Gasteiger partial charge < -0.3 is 5.11 Å². The molecule has 2 heteroatoms. The van der Waals surface area contributed by atoms with Gasteiger partial charge in [0.2, 0.25) is 0 Å². The second-order valence-electron chi connectivity index (χ2n) is 4.04. The molecule has 1 aliphatic rings. The first-order valence-corrected chi connectivity index (χ1v) is 5.01. The summed E-state index contributed by atoms with van der Waals surface area (Å²) in [7, 11) is 0. The largest absolute Gasteiger partial charge is 0.481 e. The van der Waals surface area contributed by atoms with Crippen LogP contribution in [0.5, 0.6) is 0 Å². The van der Waals surface area contributed by atoms with Crippen LogP contribution in [-0.4, -0.2) is 11.1 Å². The van der Waals surface area contributed by atoms with Gasteiger partial charge in [-0.2, -0.15) is 0 Å². The normalized spacial score (nSPS) is 26.8. The van der Waals surface area contributed by atoms with Crippen LogP contribution >= 0.6 is 0 Å². The van der Waals surface area contributed by atoms with E-state index in [0.717, 1.165) is 19.3 Å². The maximum Gasteiger partial charge on any atom is 0.309 e. The average Bonchev–Trinajstić information content (AvgIpc) is 2.17. The Morgan fingerprint density at radius 1 is 1.69 bits per heavy atom. The van der Waals surface area contributed by atoms with Crippen LogP contribution in [0.25, 0.3) is 0 Å². The fourth-order valence-electron chi connectivity index (χ4n) is 1.92. The fourth-order valence-corrected chi connectivity index (χ4v) is 1.92. The molecule has 0 aromatic heterocycles. The number of hydrogen-bond donors (Lipinski definition) is 1. The summed E-state index contributed by atoms with van der Waals surface area (Å²) in [6, 6.07) is 0. The van der Waals surface area contributed by atoms with Crippen molar-refractivity contribution in [1.29, 1.82) is 0 Å². The molecule has 74 valence electrons. The zero-order chi connectivity index (χ0) is 9.90. The van der Waals surface area contributed by atoms with Gasteiger partial charge >= 0.3 is 5.97 Å². The van der Waals surface area contributed by atoms with E-state index in [-0.39, 0.29) is 5.92 Å². The zero-order valence-electron chi connectivity index (χ0n) is 8.42. The van der Waals surface area contributed by atoms with Crippen LogP contribution < -0.4 is 0 Å². The molecule has 0 bridgehead atoms. The third kappa shape index (κ3) is 1.93. The van der Waals surface area contributed by atoms with Gasteiger partial charge in [0, 0.05) is 0 Å². The highest BCUT2D eigenvalue weighted by molar-refractivity contribution is 5.74. The quantitative estimate of drug-likeness (QED) is 0.681. The first kappa shape index (κ1) is 10.3. The molecule has 0 spiro atoms. The van der Waals surface area contributed by atoms with Gasteiger partial charge in [-0.3, -0.25) is 4.79 Å². The van der Waals surface area contributed by atoms with Crippen LogP contribution in [0.15, 0.2) is 12.2 Å². The van der Waals surface area contributed by atoms with Crippen LogP contribution in [-0.2, 0) is 4.79 Å². The van der Waals surface area contributed by atoms with E-state index in [0.29, 0.717) is 6.42 Å². The van der Waals surface area contributed by atoms with Crippen molar-refractivity contribution in [3.05, 3.63) is 12.2 Å². The number of rotatable bonds is 3. The molecule has 1 rings (SSSR count). The predicted molar refractivity (Wildman–Crippen MR) is 52.5 cm³/mol. The van der Waals surface area contributed by atoms with Crippen LogP contribution in [0, 0.1) is 11.3 Å². The molecular weight excluding hydrogens is 164 g/mol. The maximum absolute atomic E-state index is 11.1. The molecule has 13 heavy (non-hydrogen) atoms. The van der Waals surface area contributed by atoms with Crippen LogP contribution in [0.4, 0.5) is 0 Å². The minimum atomic E-state index is -0.661. The SMILES string of the molecule is CC[C@@](C)(C(=O)O)[C@@H]1C=CCCC1. The first-order chi connectivity index (χ1) is 6.11. The second kappa shape index (κ2) is 3.95. The Hall–Kier alpha value is -0.790. The second-order valence-corrected chi connectivity index (χ2v) is 4.04. The Morgan fingerprint density at radius 3 is 2.77 bits per heavy atom. The first-order valence-electron chi connectivity index (χ1n) is 5.01. The number of aliphatic carboxylic acids is 1. The third-order valence-electron chi connectivity index (χ3n) is 3.30. The minimum Gasteiger partial charge on any atom is -0.481 e. The molecule has 2 nitrogen and oxygen atoms in total. The van der Waals surface area contributed by atoms with Crippen molar-refractivity contribution in [1.82, 2.24) is 0 Å². The lowest BCUT2D eigenvalue weighted by molar-refractivity contribution is -0.150. The van der Waals surface area contributed by atoms with Gasteiger partial charge in [-0.15, -0.1) is 0 Å². The van der Waals surface area contributed by atoms with E-state index in [9.17, 15) is 4.79 Å². The standard InChI is InChI=1S/C11H18O2/c1-3-11(2,10(12)13)9-7-5-4-6-8-9/h5,7,9H,3-4,6,8H2,1-2H3,(H,12,13)/t9-,11-/m1/s1. The average molecular weight is 182 g/mol. The lowest BCUT2D eigenvalue weighted by Crippen LogP contribution is -2.35. The summed E-state index contributed by atoms with van der Waals surface area (Å²) in [6.45, 7) is 3.81. The van der Waals surface area contributed by atoms with E-state index in [1.165, 1.54) is 0 Å². The summed E-state index contributed by atoms with van der Waals surface area (Å²) in [5, 5.41) is 9.15. The minimum absolute atomic E-state index is 0.226. The van der Waals surface area contributed by atoms with Crippen LogP contribution in [0.1, 0.15) is 39.5 Å². The van der Waals surface area contributed by atoms with Gasteiger partial charge in [0.25, 0.3) is 0 Å². The molecule has 0 amide bonds. The van der Waals surface area contributed by atoms with E-state index >= 15 is 0 Å². The molecule has 1 aliphatic carbocycles. The Labute approximate surface area is 79.6 Å². The van der Waals surface area contributed by atoms with Crippen molar-refractivity contribution in [2.75, 3.05) is 0 Å². The maximum atomic E-state index is 11.1. The molecule has 0 radical (unpaired) electrons. The topological polar surface area (TPSA) is 37.3 Å². The van der Waals surface area contributed by atoms with Crippen LogP contribution in [0.3, 0.4) is 0 Å². The van der Waals surface area contributed by atoms with Gasteiger partial charge in [-0.05, 0) is 38.5 Å². The lowest BCUT2D eigenvalue weighted by atomic mass is 9.71. The van der Waals surface area contributed by atoms with Crippen molar-refractivity contribution >= 4 is 5.97 Å². The molecule has 0 unspecified atom stereocenters. The number of carbonyl (C=O) groups is 1. The highest BCUT2D eigenvalue weighted by atomic mass is 16.4. The Balaban J connectivity index is 2.80. The van der Waals surface area contributed by atoms with Crippen molar-refractivity contribution in [2.45, 2.75) is 39.5 Å². The molecule has 0 saturated carbocycles. The van der Waals surface area contributed by atoms with Gasteiger partial charge in [-0.1, -0.05) is 19.1 Å². The Kier molecular flexibility index (Phi) is 3.12. The van der Waals surface area contributed by atoms with Crippen molar-refractivity contribution in [3.63, 3.8) is 0 Å². The summed E-state index contributed by atoms with van der Waals surface area (Å²) in [5.41, 5.74) is -0.559. The number of hydrogen-bond acceptors (Lipinski definition) is 1. The predicted octanol–water partition coefficient (Wildman–Crippen LogP) is 2.84. The molecule has 0 aliphatic heterocycles. The smallest absolute Gasteiger partial charge is 0.309 e. The summed E-state index contributed by atoms with van der Waals surface area (Å²) < 4.78 is 0. The molecule has 2 atom stereocenters. The molecule has 0 fully saturated rings. The summed E-state index contributed by atoms with van der Waals surface area (Å²) in [5.74, 6) is -0.435. The molecule has 0 saturated heterocycles. The number of carboxylic acid groups (broad SMARTS) is 1. The molecule has 1 N–H and O–H groups in total. The summed E-state index contributed by atoms with van der Waals surface area (Å²) in [6.07, 6.45) is 8.16. The monoisotopic (exact) mass is 182 g/mol. The van der Waals surface area contributed by atoms with Crippen molar-refractivity contribution in [2.24, 2.45) is 11.3 Å². The van der Waals surface area contributed by atoms with Crippen molar-refractivity contribution in [3.8, 4) is 0 Å². The van der Waals surface area contributed by atoms with Gasteiger partial charge in [-0.25, -0.2) is 0 Å². The highest BCUT2D eigenvalue weighted by Gasteiger charge is 2.38. The van der Waals surface area contributed by atoms with Crippen molar-refractivity contribution < 1.29 is 9.90 Å². The molecule has 0 aromatic rings. The Morgan fingerprint density at radius 2 is 2.38 bits per heavy atom. The van der Waals surface area contributed by atoms with Gasteiger partial charge in [0.15, 0.2) is 0 Å². The van der Waals surface area contributed by atoms with E-state index in [1.54, 1.807) is 0 Å². The van der Waals surface area contributed by atoms with E-state index in [1.807, 2.05) is 13.8 Å². The third-order valence-corrected chi connectivity index (χ3v) is 3.30. The Bertz CT molecular complexity index is 220. The summed E-state index contributed by atoms with van der Waals surface area (Å²) in [4.78, 5) is 11.1. The van der Waals surface area contributed by atoms with Crippen LogP contribution in [0.2, 0.25) is 0 Å². The number of allylic oxidation sites excluding steroid dienone is 2. The zero-order valence-corrected chi connectivity index (χ0v) is 8.42. The lowest BCUT2D eigenvalue weighted by Gasteiger charge is -2.32. The van der Waals surface area contributed by atoms with E-state index in [2.05, 4.69) is 12.2 Å². The highest BCUT2D eigenvalue weighted by Crippen LogP contribution is 2.37. The fraction of sp³-hybridized carbons (Fsp3) is 0.727. The van der Waals surface area contributed by atoms with Gasteiger partial charge in [0.1, 0.15) is 0 Å². The number of carboxylic acids is 1. The van der Waals surface area contributed by atoms with Gasteiger partial charge in [0.05, 0.1) is 5.41 Å².